The van der Waals surface area contributed by atoms with Gasteiger partial charge in [0.15, 0.2) is 0 Å². The van der Waals surface area contributed by atoms with Crippen LogP contribution in [0.1, 0.15) is 30.0 Å². The normalized spacial score (nSPS) is 20.7. The second-order valence-corrected chi connectivity index (χ2v) is 10.2. The minimum atomic E-state index is 0.0175. The van der Waals surface area contributed by atoms with Gasteiger partial charge >= 0.3 is 0 Å². The molecule has 1 atom stereocenters. The maximum Gasteiger partial charge on any atom is 0.251 e. The number of carbonyl (C=O) groups is 1. The van der Waals surface area contributed by atoms with E-state index in [9.17, 15) is 9.59 Å². The zero-order valence-electron chi connectivity index (χ0n) is 18.4. The Kier molecular flexibility index (Phi) is 5.44. The number of nitrogens with one attached hydrogen (secondary N) is 2. The van der Waals surface area contributed by atoms with Gasteiger partial charge in [0, 0.05) is 37.7 Å². The van der Waals surface area contributed by atoms with Crippen LogP contribution in [0.5, 0.6) is 0 Å². The molecule has 1 saturated heterocycles. The minimum absolute atomic E-state index is 0.0175. The van der Waals surface area contributed by atoms with E-state index in [4.69, 9.17) is 0 Å². The van der Waals surface area contributed by atoms with E-state index < -0.39 is 0 Å². The van der Waals surface area contributed by atoms with Gasteiger partial charge in [-0.1, -0.05) is 18.2 Å². The second-order valence-electron chi connectivity index (χ2n) is 9.21. The number of hydrogen-bond donors (Lipinski definition) is 2. The maximum atomic E-state index is 12.4. The van der Waals surface area contributed by atoms with Crippen molar-refractivity contribution in [1.82, 2.24) is 19.8 Å². The molecule has 1 aromatic carbocycles. The van der Waals surface area contributed by atoms with Crippen molar-refractivity contribution in [2.45, 2.75) is 42.8 Å². The summed E-state index contributed by atoms with van der Waals surface area (Å²) in [6.45, 7) is 4.60. The summed E-state index contributed by atoms with van der Waals surface area (Å²) in [5.74, 6) is 1.55. The van der Waals surface area contributed by atoms with E-state index in [2.05, 4.69) is 44.8 Å². The van der Waals surface area contributed by atoms with Crippen molar-refractivity contribution >= 4 is 34.4 Å². The number of para-hydroxylation sites is 1. The lowest BCUT2D eigenvalue weighted by atomic mass is 9.97. The van der Waals surface area contributed by atoms with Gasteiger partial charge in [0.05, 0.1) is 21.9 Å². The van der Waals surface area contributed by atoms with Gasteiger partial charge in [-0.25, -0.2) is 4.98 Å². The summed E-state index contributed by atoms with van der Waals surface area (Å²) in [6, 6.07) is 14.6. The van der Waals surface area contributed by atoms with Gasteiger partial charge in [-0.2, -0.15) is 0 Å². The molecular weight excluding hydrogens is 434 g/mol. The monoisotopic (exact) mass is 461 g/mol. The first-order valence-corrected chi connectivity index (χ1v) is 12.6. The van der Waals surface area contributed by atoms with Crippen LogP contribution in [0, 0.1) is 0 Å². The Bertz CT molecular complexity index is 1280. The Hall–Kier alpha value is -2.68. The fourth-order valence-corrected chi connectivity index (χ4v) is 6.11. The van der Waals surface area contributed by atoms with E-state index in [-0.39, 0.29) is 11.5 Å². The van der Waals surface area contributed by atoms with Gasteiger partial charge < -0.3 is 20.1 Å². The molecule has 6 rings (SSSR count). The molecule has 2 N–H and O–H groups in total. The third-order valence-electron chi connectivity index (χ3n) is 7.05. The Balaban J connectivity index is 1.04. The summed E-state index contributed by atoms with van der Waals surface area (Å²) in [7, 11) is 0. The first kappa shape index (κ1) is 20.9. The maximum absolute atomic E-state index is 12.4. The molecule has 0 bridgehead atoms. The molecule has 3 aromatic rings. The van der Waals surface area contributed by atoms with Crippen LogP contribution in [0.4, 0.5) is 5.82 Å². The van der Waals surface area contributed by atoms with Crippen molar-refractivity contribution in [3.8, 4) is 0 Å². The number of benzene rings is 1. The van der Waals surface area contributed by atoms with E-state index in [1.807, 2.05) is 16.7 Å². The molecule has 33 heavy (non-hydrogen) atoms. The molecule has 0 saturated carbocycles. The van der Waals surface area contributed by atoms with Gasteiger partial charge in [0.25, 0.3) is 5.56 Å². The number of nitrogens with zero attached hydrogens (tertiary/aromatic N) is 3. The highest BCUT2D eigenvalue weighted by Crippen LogP contribution is 2.33. The molecule has 1 amide bonds. The lowest BCUT2D eigenvalue weighted by Crippen LogP contribution is -2.43. The first-order chi connectivity index (χ1) is 16.1. The Labute approximate surface area is 196 Å². The number of thioether (sulfide) groups is 1. The second kappa shape index (κ2) is 8.59. The Morgan fingerprint density at radius 1 is 1.09 bits per heavy atom. The first-order valence-electron chi connectivity index (χ1n) is 11.6. The number of rotatable bonds is 5. The Morgan fingerprint density at radius 3 is 2.85 bits per heavy atom. The van der Waals surface area contributed by atoms with Gasteiger partial charge in [0.2, 0.25) is 5.91 Å². The van der Waals surface area contributed by atoms with Crippen LogP contribution in [0.2, 0.25) is 0 Å². The summed E-state index contributed by atoms with van der Waals surface area (Å²) in [5.41, 5.74) is 3.50. The topological polar surface area (TPSA) is 79.3 Å². The fourth-order valence-electron chi connectivity index (χ4n) is 5.36. The van der Waals surface area contributed by atoms with E-state index in [1.165, 1.54) is 5.56 Å². The van der Waals surface area contributed by atoms with Crippen molar-refractivity contribution in [1.29, 1.82) is 0 Å². The summed E-state index contributed by atoms with van der Waals surface area (Å²) >= 11 is 1.54. The summed E-state index contributed by atoms with van der Waals surface area (Å²) in [6.07, 6.45) is 2.20. The predicted octanol–water partition coefficient (Wildman–Crippen LogP) is 2.79. The zero-order valence-corrected chi connectivity index (χ0v) is 19.2. The summed E-state index contributed by atoms with van der Waals surface area (Å²) < 4.78 is 1.95. The molecule has 0 aliphatic carbocycles. The van der Waals surface area contributed by atoms with Crippen LogP contribution in [0.25, 0.3) is 10.9 Å². The highest BCUT2D eigenvalue weighted by atomic mass is 32.2. The molecule has 3 aliphatic heterocycles. The number of aromatic nitrogens is 2. The number of carbonyl (C=O) groups excluding carboxylic acids is 1. The lowest BCUT2D eigenvalue weighted by Gasteiger charge is -2.34. The van der Waals surface area contributed by atoms with E-state index in [1.54, 1.807) is 17.8 Å². The lowest BCUT2D eigenvalue weighted by molar-refractivity contribution is -0.113. The molecule has 7 nitrogen and oxygen atoms in total. The molecular formula is C25H27N5O2S. The molecule has 0 spiro atoms. The molecule has 170 valence electrons. The van der Waals surface area contributed by atoms with Crippen molar-refractivity contribution in [2.24, 2.45) is 0 Å². The standard InChI is InChI=1S/C25H27N5O2S/c31-22-15-33-21-6-5-19(27-25(21)28-22)12-26-18-8-10-29(11-9-18)13-17-14-30-23(32)7-4-16-2-1-3-20(17)24(16)30/h1-7,17-18,26H,8-15H2,(H,27,28,31). The van der Waals surface area contributed by atoms with Crippen LogP contribution >= 0.6 is 11.8 Å². The van der Waals surface area contributed by atoms with Crippen LogP contribution in [0.15, 0.2) is 52.2 Å². The van der Waals surface area contributed by atoms with Crippen LogP contribution in [-0.2, 0) is 17.9 Å². The highest BCUT2D eigenvalue weighted by molar-refractivity contribution is 8.00. The number of amides is 1. The largest absolute Gasteiger partial charge is 0.309 e. The van der Waals surface area contributed by atoms with Crippen LogP contribution in [-0.4, -0.2) is 51.8 Å². The molecule has 2 aromatic heterocycles. The van der Waals surface area contributed by atoms with Gasteiger partial charge in [0.1, 0.15) is 5.82 Å². The van der Waals surface area contributed by atoms with Gasteiger partial charge in [-0.05, 0) is 55.1 Å². The third-order valence-corrected chi connectivity index (χ3v) is 8.10. The van der Waals surface area contributed by atoms with E-state index in [0.29, 0.717) is 30.1 Å². The van der Waals surface area contributed by atoms with Gasteiger partial charge in [-0.15, -0.1) is 11.8 Å². The number of pyridine rings is 2. The zero-order chi connectivity index (χ0) is 22.4. The third kappa shape index (κ3) is 4.07. The molecule has 3 aliphatic rings. The molecule has 1 fully saturated rings. The summed E-state index contributed by atoms with van der Waals surface area (Å²) in [4.78, 5) is 32.2. The average molecular weight is 462 g/mol. The van der Waals surface area contributed by atoms with Crippen molar-refractivity contribution < 1.29 is 4.79 Å². The minimum Gasteiger partial charge on any atom is -0.309 e. The van der Waals surface area contributed by atoms with E-state index in [0.717, 1.165) is 60.5 Å². The predicted molar refractivity (Wildman–Crippen MR) is 131 cm³/mol. The quantitative estimate of drug-likeness (QED) is 0.608. The van der Waals surface area contributed by atoms with Crippen molar-refractivity contribution in [3.05, 3.63) is 64.1 Å². The number of anilines is 1. The van der Waals surface area contributed by atoms with E-state index >= 15 is 0 Å². The Morgan fingerprint density at radius 2 is 1.97 bits per heavy atom. The highest BCUT2D eigenvalue weighted by Gasteiger charge is 2.28. The van der Waals surface area contributed by atoms with Crippen molar-refractivity contribution in [3.63, 3.8) is 0 Å². The van der Waals surface area contributed by atoms with Crippen LogP contribution < -0.4 is 16.2 Å². The van der Waals surface area contributed by atoms with Crippen LogP contribution in [0.3, 0.4) is 0 Å². The molecule has 8 heteroatoms. The number of piperidine rings is 1. The summed E-state index contributed by atoms with van der Waals surface area (Å²) in [5, 5.41) is 7.68. The van der Waals surface area contributed by atoms with Gasteiger partial charge in [-0.3, -0.25) is 9.59 Å². The smallest absolute Gasteiger partial charge is 0.251 e. The number of hydrogen-bond acceptors (Lipinski definition) is 6. The molecule has 0 radical (unpaired) electrons. The SMILES string of the molecule is O=C1CSc2ccc(CNC3CCN(CC4Cn5c(=O)ccc6cccc4c65)CC3)nc2N1. The van der Waals surface area contributed by atoms with Crippen molar-refractivity contribution in [2.75, 3.05) is 30.7 Å². The fraction of sp³-hybridized carbons (Fsp3) is 0.400. The molecule has 5 heterocycles. The number of fused-ring (bicyclic) bond motifs is 1. The molecule has 1 unspecified atom stereocenters. The number of likely N-dealkylation sites (tertiary alicyclic amines) is 1. The average Bonchev–Trinajstić information content (AvgIpc) is 3.21.